The fraction of sp³-hybridized carbons (Fsp3) is 0.812. The number of anilines is 1. The standard InChI is InChI=1S/C16H29N3OS/c1-5-6-14-15(10-17-7-8-20-4)21-16(18-14)19(3)11-13-9-12(13)2/h12-13,17H,5-11H2,1-4H3. The molecule has 1 aliphatic rings. The molecule has 0 saturated heterocycles. The molecule has 1 fully saturated rings. The highest BCUT2D eigenvalue weighted by Crippen LogP contribution is 2.39. The van der Waals surface area contributed by atoms with Gasteiger partial charge in [-0.1, -0.05) is 20.3 Å². The van der Waals surface area contributed by atoms with Gasteiger partial charge in [0.1, 0.15) is 0 Å². The molecule has 2 rings (SSSR count). The molecule has 1 N–H and O–H groups in total. The number of ether oxygens (including phenoxy) is 1. The van der Waals surface area contributed by atoms with E-state index in [2.05, 4.69) is 31.1 Å². The second-order valence-electron chi connectivity index (χ2n) is 6.14. The normalized spacial score (nSPS) is 20.8. The molecule has 0 amide bonds. The van der Waals surface area contributed by atoms with Crippen LogP contribution in [0, 0.1) is 11.8 Å². The van der Waals surface area contributed by atoms with Crippen molar-refractivity contribution >= 4 is 16.5 Å². The number of hydrogen-bond donors (Lipinski definition) is 1. The van der Waals surface area contributed by atoms with E-state index in [1.165, 1.54) is 22.1 Å². The van der Waals surface area contributed by atoms with Crippen LogP contribution in [-0.2, 0) is 17.7 Å². The first-order chi connectivity index (χ1) is 10.2. The topological polar surface area (TPSA) is 37.4 Å². The second kappa shape index (κ2) is 8.11. The largest absolute Gasteiger partial charge is 0.383 e. The molecular weight excluding hydrogens is 282 g/mol. The Kier molecular flexibility index (Phi) is 6.45. The smallest absolute Gasteiger partial charge is 0.185 e. The third-order valence-electron chi connectivity index (χ3n) is 4.13. The summed E-state index contributed by atoms with van der Waals surface area (Å²) in [4.78, 5) is 8.61. The fourth-order valence-electron chi connectivity index (χ4n) is 2.56. The molecule has 0 bridgehead atoms. The van der Waals surface area contributed by atoms with Crippen LogP contribution in [0.15, 0.2) is 0 Å². The number of rotatable bonds is 10. The van der Waals surface area contributed by atoms with Crippen LogP contribution < -0.4 is 10.2 Å². The lowest BCUT2D eigenvalue weighted by Gasteiger charge is -2.15. The second-order valence-corrected chi connectivity index (χ2v) is 7.20. The summed E-state index contributed by atoms with van der Waals surface area (Å²) in [5.74, 6) is 1.77. The highest BCUT2D eigenvalue weighted by atomic mass is 32.1. The molecule has 5 heteroatoms. The summed E-state index contributed by atoms with van der Waals surface area (Å²) in [6.45, 7) is 8.27. The molecule has 1 saturated carbocycles. The minimum absolute atomic E-state index is 0.758. The van der Waals surface area contributed by atoms with Crippen molar-refractivity contribution in [2.24, 2.45) is 11.8 Å². The molecule has 0 aliphatic heterocycles. The van der Waals surface area contributed by atoms with Gasteiger partial charge >= 0.3 is 0 Å². The van der Waals surface area contributed by atoms with Gasteiger partial charge in [-0.05, 0) is 24.7 Å². The summed E-state index contributed by atoms with van der Waals surface area (Å²) in [6, 6.07) is 0. The van der Waals surface area contributed by atoms with Crippen LogP contribution in [0.4, 0.5) is 5.13 Å². The van der Waals surface area contributed by atoms with Crippen molar-refractivity contribution in [1.29, 1.82) is 0 Å². The van der Waals surface area contributed by atoms with Crippen LogP contribution in [0.25, 0.3) is 0 Å². The molecule has 1 aliphatic carbocycles. The average Bonchev–Trinajstić information content (AvgIpc) is 2.99. The molecule has 0 aromatic carbocycles. The maximum atomic E-state index is 5.08. The van der Waals surface area contributed by atoms with E-state index in [0.29, 0.717) is 0 Å². The number of nitrogens with zero attached hydrogens (tertiary/aromatic N) is 2. The number of aryl methyl sites for hydroxylation is 1. The lowest BCUT2D eigenvalue weighted by atomic mass is 10.2. The predicted octanol–water partition coefficient (Wildman–Crippen LogP) is 2.92. The van der Waals surface area contributed by atoms with Gasteiger partial charge < -0.3 is 15.0 Å². The number of methoxy groups -OCH3 is 1. The van der Waals surface area contributed by atoms with Crippen LogP contribution in [-0.4, -0.2) is 38.8 Å². The first-order valence-electron chi connectivity index (χ1n) is 8.05. The van der Waals surface area contributed by atoms with E-state index < -0.39 is 0 Å². The molecule has 0 spiro atoms. The average molecular weight is 311 g/mol. The van der Waals surface area contributed by atoms with E-state index in [0.717, 1.165) is 50.9 Å². The predicted molar refractivity (Wildman–Crippen MR) is 90.2 cm³/mol. The van der Waals surface area contributed by atoms with Gasteiger partial charge in [-0.25, -0.2) is 4.98 Å². The minimum atomic E-state index is 0.758. The van der Waals surface area contributed by atoms with Gasteiger partial charge in [0.25, 0.3) is 0 Å². The Bertz CT molecular complexity index is 435. The summed E-state index contributed by atoms with van der Waals surface area (Å²) in [6.07, 6.45) is 3.60. The Morgan fingerprint density at radius 2 is 2.24 bits per heavy atom. The van der Waals surface area contributed by atoms with E-state index in [9.17, 15) is 0 Å². The van der Waals surface area contributed by atoms with Crippen LogP contribution in [0.3, 0.4) is 0 Å². The van der Waals surface area contributed by atoms with Gasteiger partial charge in [0.15, 0.2) is 5.13 Å². The molecule has 0 radical (unpaired) electrons. The highest BCUT2D eigenvalue weighted by molar-refractivity contribution is 7.15. The van der Waals surface area contributed by atoms with Crippen molar-refractivity contribution in [3.05, 3.63) is 10.6 Å². The molecule has 1 aromatic heterocycles. The van der Waals surface area contributed by atoms with Crippen molar-refractivity contribution in [2.45, 2.75) is 39.7 Å². The summed E-state index contributed by atoms with van der Waals surface area (Å²) in [5, 5.41) is 4.62. The van der Waals surface area contributed by atoms with E-state index in [4.69, 9.17) is 9.72 Å². The van der Waals surface area contributed by atoms with Crippen LogP contribution in [0.1, 0.15) is 37.3 Å². The third-order valence-corrected chi connectivity index (χ3v) is 5.35. The number of nitrogens with one attached hydrogen (secondary N) is 1. The molecule has 1 aromatic rings. The monoisotopic (exact) mass is 311 g/mol. The maximum absolute atomic E-state index is 5.08. The van der Waals surface area contributed by atoms with Gasteiger partial charge in [-0.15, -0.1) is 11.3 Å². The Balaban J connectivity index is 1.94. The quantitative estimate of drug-likeness (QED) is 0.674. The first-order valence-corrected chi connectivity index (χ1v) is 8.86. The van der Waals surface area contributed by atoms with Crippen molar-refractivity contribution in [3.8, 4) is 0 Å². The van der Waals surface area contributed by atoms with Crippen LogP contribution in [0.5, 0.6) is 0 Å². The summed E-state index contributed by atoms with van der Waals surface area (Å²) < 4.78 is 5.08. The Labute approximate surface area is 132 Å². The van der Waals surface area contributed by atoms with Gasteiger partial charge in [-0.3, -0.25) is 0 Å². The highest BCUT2D eigenvalue weighted by Gasteiger charge is 2.33. The SMILES string of the molecule is CCCc1nc(N(C)CC2CC2C)sc1CNCCOC. The third kappa shape index (κ3) is 4.94. The van der Waals surface area contributed by atoms with E-state index in [1.807, 2.05) is 11.3 Å². The van der Waals surface area contributed by atoms with E-state index in [1.54, 1.807) is 7.11 Å². The zero-order valence-corrected chi connectivity index (χ0v) is 14.6. The maximum Gasteiger partial charge on any atom is 0.185 e. The minimum Gasteiger partial charge on any atom is -0.383 e. The van der Waals surface area contributed by atoms with E-state index in [-0.39, 0.29) is 0 Å². The van der Waals surface area contributed by atoms with Crippen molar-refractivity contribution < 1.29 is 4.74 Å². The zero-order chi connectivity index (χ0) is 15.2. The fourth-order valence-corrected chi connectivity index (χ4v) is 3.61. The Morgan fingerprint density at radius 3 is 2.86 bits per heavy atom. The summed E-state index contributed by atoms with van der Waals surface area (Å²) in [7, 11) is 3.92. The molecule has 2 unspecified atom stereocenters. The molecule has 120 valence electrons. The van der Waals surface area contributed by atoms with Gasteiger partial charge in [-0.2, -0.15) is 0 Å². The van der Waals surface area contributed by atoms with Crippen molar-refractivity contribution in [1.82, 2.24) is 10.3 Å². The first kappa shape index (κ1) is 16.7. The summed E-state index contributed by atoms with van der Waals surface area (Å²) >= 11 is 1.85. The van der Waals surface area contributed by atoms with Crippen molar-refractivity contribution in [3.63, 3.8) is 0 Å². The molecule has 1 heterocycles. The Morgan fingerprint density at radius 1 is 1.48 bits per heavy atom. The molecule has 4 nitrogen and oxygen atoms in total. The van der Waals surface area contributed by atoms with Gasteiger partial charge in [0.2, 0.25) is 0 Å². The van der Waals surface area contributed by atoms with Crippen molar-refractivity contribution in [2.75, 3.05) is 38.8 Å². The lowest BCUT2D eigenvalue weighted by Crippen LogP contribution is -2.20. The zero-order valence-electron chi connectivity index (χ0n) is 13.8. The summed E-state index contributed by atoms with van der Waals surface area (Å²) in [5.41, 5.74) is 1.28. The Hall–Kier alpha value is -0.650. The molecule has 21 heavy (non-hydrogen) atoms. The number of thiazole rings is 1. The van der Waals surface area contributed by atoms with Crippen LogP contribution >= 0.6 is 11.3 Å². The lowest BCUT2D eigenvalue weighted by molar-refractivity contribution is 0.199. The molecular formula is C16H29N3OS. The van der Waals surface area contributed by atoms with Gasteiger partial charge in [0.05, 0.1) is 12.3 Å². The van der Waals surface area contributed by atoms with E-state index >= 15 is 0 Å². The molecule has 2 atom stereocenters. The number of aromatic nitrogens is 1. The number of hydrogen-bond acceptors (Lipinski definition) is 5. The van der Waals surface area contributed by atoms with Gasteiger partial charge in [0, 0.05) is 38.7 Å². The van der Waals surface area contributed by atoms with Crippen LogP contribution in [0.2, 0.25) is 0 Å².